The Kier molecular flexibility index (Phi) is 2.68. The maximum absolute atomic E-state index is 5.83. The third-order valence-corrected chi connectivity index (χ3v) is 1.65. The van der Waals surface area contributed by atoms with Gasteiger partial charge in [0.1, 0.15) is 0 Å². The normalized spacial score (nSPS) is 16.3. The Morgan fingerprint density at radius 1 is 1.55 bits per heavy atom. The molecule has 3 heteroatoms. The highest BCUT2D eigenvalue weighted by molar-refractivity contribution is 5.08. The van der Waals surface area contributed by atoms with Gasteiger partial charge in [-0.15, -0.1) is 0 Å². The summed E-state index contributed by atoms with van der Waals surface area (Å²) in [5.41, 5.74) is 12.5. The van der Waals surface area contributed by atoms with Gasteiger partial charge in [-0.3, -0.25) is 0 Å². The molecular formula is C8H15N3. The molecule has 0 aliphatic rings. The third kappa shape index (κ3) is 2.37. The molecule has 2 atom stereocenters. The Labute approximate surface area is 66.8 Å². The van der Waals surface area contributed by atoms with Crippen molar-refractivity contribution in [2.45, 2.75) is 25.4 Å². The van der Waals surface area contributed by atoms with E-state index in [1.165, 1.54) is 0 Å². The Hall–Kier alpha value is -0.800. The number of hydrogen-bond donors (Lipinski definition) is 3. The van der Waals surface area contributed by atoms with Crippen LogP contribution in [-0.2, 0) is 0 Å². The molecule has 0 saturated heterocycles. The highest BCUT2D eigenvalue weighted by Crippen LogP contribution is 2.11. The molecule has 0 saturated carbocycles. The topological polar surface area (TPSA) is 67.8 Å². The molecular weight excluding hydrogens is 138 g/mol. The molecule has 2 unspecified atom stereocenters. The Bertz CT molecular complexity index is 191. The molecule has 0 spiro atoms. The minimum Gasteiger partial charge on any atom is -0.364 e. The molecule has 11 heavy (non-hydrogen) atoms. The second-order valence-corrected chi connectivity index (χ2v) is 2.94. The van der Waals surface area contributed by atoms with Gasteiger partial charge in [-0.2, -0.15) is 0 Å². The Morgan fingerprint density at radius 2 is 2.27 bits per heavy atom. The van der Waals surface area contributed by atoms with Crippen molar-refractivity contribution in [3.8, 4) is 0 Å². The lowest BCUT2D eigenvalue weighted by molar-refractivity contribution is 0.560. The van der Waals surface area contributed by atoms with E-state index in [4.69, 9.17) is 11.5 Å². The van der Waals surface area contributed by atoms with E-state index < -0.39 is 0 Å². The first-order valence-electron chi connectivity index (χ1n) is 3.84. The summed E-state index contributed by atoms with van der Waals surface area (Å²) in [4.78, 5) is 3.06. The smallest absolute Gasteiger partial charge is 0.0462 e. The van der Waals surface area contributed by atoms with Crippen LogP contribution in [0.5, 0.6) is 0 Å². The van der Waals surface area contributed by atoms with E-state index in [-0.39, 0.29) is 12.1 Å². The maximum atomic E-state index is 5.83. The zero-order valence-corrected chi connectivity index (χ0v) is 6.75. The van der Waals surface area contributed by atoms with Crippen LogP contribution < -0.4 is 11.5 Å². The fourth-order valence-electron chi connectivity index (χ4n) is 1.10. The summed E-state index contributed by atoms with van der Waals surface area (Å²) in [7, 11) is 0. The van der Waals surface area contributed by atoms with E-state index in [0.29, 0.717) is 0 Å². The van der Waals surface area contributed by atoms with E-state index in [1.807, 2.05) is 25.3 Å². The molecule has 0 aliphatic heterocycles. The Balaban J connectivity index is 2.49. The lowest BCUT2D eigenvalue weighted by Gasteiger charge is -2.11. The molecule has 0 aromatic carbocycles. The van der Waals surface area contributed by atoms with E-state index >= 15 is 0 Å². The van der Waals surface area contributed by atoms with E-state index in [0.717, 1.165) is 12.1 Å². The minimum absolute atomic E-state index is 0.0463. The summed E-state index contributed by atoms with van der Waals surface area (Å²) >= 11 is 0. The molecule has 1 aromatic rings. The fraction of sp³-hybridized carbons (Fsp3) is 0.500. The van der Waals surface area contributed by atoms with Crippen molar-refractivity contribution in [2.75, 3.05) is 0 Å². The van der Waals surface area contributed by atoms with Crippen molar-refractivity contribution in [1.29, 1.82) is 0 Å². The molecule has 0 aliphatic carbocycles. The monoisotopic (exact) mass is 153 g/mol. The van der Waals surface area contributed by atoms with Crippen LogP contribution in [0.4, 0.5) is 0 Å². The average Bonchev–Trinajstić information content (AvgIpc) is 2.35. The van der Waals surface area contributed by atoms with Crippen LogP contribution in [0.2, 0.25) is 0 Å². The molecule has 0 fully saturated rings. The SMILES string of the molecule is CC(N)CC(N)c1ccc[nH]1. The van der Waals surface area contributed by atoms with Crippen LogP contribution in [0.25, 0.3) is 0 Å². The van der Waals surface area contributed by atoms with Crippen LogP contribution in [-0.4, -0.2) is 11.0 Å². The lowest BCUT2D eigenvalue weighted by Crippen LogP contribution is -2.23. The number of hydrogen-bond acceptors (Lipinski definition) is 2. The predicted octanol–water partition coefficient (Wildman–Crippen LogP) is 0.752. The minimum atomic E-state index is 0.0463. The van der Waals surface area contributed by atoms with Crippen molar-refractivity contribution >= 4 is 0 Å². The summed E-state index contributed by atoms with van der Waals surface area (Å²) in [5, 5.41) is 0. The molecule has 1 rings (SSSR count). The van der Waals surface area contributed by atoms with Crippen molar-refractivity contribution in [3.05, 3.63) is 24.0 Å². The highest BCUT2D eigenvalue weighted by Gasteiger charge is 2.07. The van der Waals surface area contributed by atoms with Crippen molar-refractivity contribution in [2.24, 2.45) is 11.5 Å². The van der Waals surface area contributed by atoms with Gasteiger partial charge in [-0.05, 0) is 25.5 Å². The van der Waals surface area contributed by atoms with Gasteiger partial charge in [0.15, 0.2) is 0 Å². The first-order valence-corrected chi connectivity index (χ1v) is 3.84. The predicted molar refractivity (Wildman–Crippen MR) is 46.0 cm³/mol. The number of H-pyrrole nitrogens is 1. The van der Waals surface area contributed by atoms with Gasteiger partial charge in [0, 0.05) is 24.0 Å². The van der Waals surface area contributed by atoms with Gasteiger partial charge >= 0.3 is 0 Å². The number of nitrogens with one attached hydrogen (secondary N) is 1. The average molecular weight is 153 g/mol. The fourth-order valence-corrected chi connectivity index (χ4v) is 1.10. The number of aromatic amines is 1. The van der Waals surface area contributed by atoms with Gasteiger partial charge in [0.05, 0.1) is 0 Å². The van der Waals surface area contributed by atoms with Gasteiger partial charge in [0.25, 0.3) is 0 Å². The second kappa shape index (κ2) is 3.55. The number of rotatable bonds is 3. The van der Waals surface area contributed by atoms with Crippen LogP contribution in [0, 0.1) is 0 Å². The zero-order valence-electron chi connectivity index (χ0n) is 6.75. The number of aromatic nitrogens is 1. The van der Waals surface area contributed by atoms with Crippen LogP contribution >= 0.6 is 0 Å². The van der Waals surface area contributed by atoms with Gasteiger partial charge in [0.2, 0.25) is 0 Å². The van der Waals surface area contributed by atoms with Gasteiger partial charge in [-0.1, -0.05) is 0 Å². The molecule has 5 N–H and O–H groups in total. The summed E-state index contributed by atoms with van der Waals surface area (Å²) in [6.45, 7) is 1.96. The molecule has 0 radical (unpaired) electrons. The Morgan fingerprint density at radius 3 is 2.73 bits per heavy atom. The van der Waals surface area contributed by atoms with E-state index in [1.54, 1.807) is 0 Å². The van der Waals surface area contributed by atoms with E-state index in [9.17, 15) is 0 Å². The summed E-state index contributed by atoms with van der Waals surface area (Å²) in [5.74, 6) is 0. The van der Waals surface area contributed by atoms with Crippen molar-refractivity contribution < 1.29 is 0 Å². The summed E-state index contributed by atoms with van der Waals surface area (Å²) < 4.78 is 0. The second-order valence-electron chi connectivity index (χ2n) is 2.94. The van der Waals surface area contributed by atoms with Crippen LogP contribution in [0.3, 0.4) is 0 Å². The number of nitrogens with two attached hydrogens (primary N) is 2. The molecule has 1 aromatic heterocycles. The first-order chi connectivity index (χ1) is 5.20. The molecule has 62 valence electrons. The van der Waals surface area contributed by atoms with Crippen LogP contribution in [0.15, 0.2) is 18.3 Å². The third-order valence-electron chi connectivity index (χ3n) is 1.65. The highest BCUT2D eigenvalue weighted by atomic mass is 14.8. The summed E-state index contributed by atoms with van der Waals surface area (Å²) in [6.07, 6.45) is 2.69. The van der Waals surface area contributed by atoms with E-state index in [2.05, 4.69) is 4.98 Å². The quantitative estimate of drug-likeness (QED) is 0.600. The largest absolute Gasteiger partial charge is 0.364 e. The maximum Gasteiger partial charge on any atom is 0.0462 e. The molecule has 0 bridgehead atoms. The standard InChI is InChI=1S/C8H15N3/c1-6(9)5-7(10)8-3-2-4-11-8/h2-4,6-7,11H,5,9-10H2,1H3. The van der Waals surface area contributed by atoms with Crippen molar-refractivity contribution in [3.63, 3.8) is 0 Å². The van der Waals surface area contributed by atoms with Gasteiger partial charge in [-0.25, -0.2) is 0 Å². The van der Waals surface area contributed by atoms with Crippen molar-refractivity contribution in [1.82, 2.24) is 4.98 Å². The van der Waals surface area contributed by atoms with Gasteiger partial charge < -0.3 is 16.5 Å². The van der Waals surface area contributed by atoms with Crippen LogP contribution in [0.1, 0.15) is 25.1 Å². The zero-order chi connectivity index (χ0) is 8.27. The first kappa shape index (κ1) is 8.30. The molecule has 3 nitrogen and oxygen atoms in total. The molecule has 1 heterocycles. The summed E-state index contributed by atoms with van der Waals surface area (Å²) in [6, 6.07) is 4.13. The molecule has 0 amide bonds. The lowest BCUT2D eigenvalue weighted by atomic mass is 10.1.